The second kappa shape index (κ2) is 7.31. The smallest absolute Gasteiger partial charge is 0.258 e. The van der Waals surface area contributed by atoms with Crippen molar-refractivity contribution in [1.82, 2.24) is 9.88 Å². The van der Waals surface area contributed by atoms with Crippen molar-refractivity contribution in [2.75, 3.05) is 11.9 Å². The molecule has 6 nitrogen and oxygen atoms in total. The van der Waals surface area contributed by atoms with Crippen LogP contribution < -0.4 is 5.32 Å². The van der Waals surface area contributed by atoms with Gasteiger partial charge in [-0.1, -0.05) is 17.4 Å². The number of rotatable bonds is 3. The molecular formula is C19H14N4O2S2. The van der Waals surface area contributed by atoms with E-state index in [4.69, 9.17) is 5.26 Å². The Morgan fingerprint density at radius 2 is 2.15 bits per heavy atom. The van der Waals surface area contributed by atoms with Gasteiger partial charge in [-0.05, 0) is 29.6 Å². The van der Waals surface area contributed by atoms with Crippen molar-refractivity contribution in [3.63, 3.8) is 0 Å². The van der Waals surface area contributed by atoms with Crippen LogP contribution in [0.3, 0.4) is 0 Å². The maximum Gasteiger partial charge on any atom is 0.258 e. The molecule has 0 atom stereocenters. The number of nitrogens with one attached hydrogen (secondary N) is 1. The van der Waals surface area contributed by atoms with Gasteiger partial charge in [0.1, 0.15) is 0 Å². The molecule has 1 aliphatic heterocycles. The van der Waals surface area contributed by atoms with E-state index in [-0.39, 0.29) is 11.8 Å². The first-order valence-electron chi connectivity index (χ1n) is 8.25. The molecule has 8 heteroatoms. The molecule has 0 saturated heterocycles. The molecule has 3 heterocycles. The zero-order valence-electron chi connectivity index (χ0n) is 14.1. The minimum atomic E-state index is -0.177. The Bertz CT molecular complexity index is 1050. The van der Waals surface area contributed by atoms with Gasteiger partial charge in [-0.15, -0.1) is 0 Å². The third kappa shape index (κ3) is 3.60. The molecule has 0 spiro atoms. The van der Waals surface area contributed by atoms with Gasteiger partial charge in [0, 0.05) is 28.8 Å². The maximum absolute atomic E-state index is 12.7. The topological polar surface area (TPSA) is 86.1 Å². The summed E-state index contributed by atoms with van der Waals surface area (Å²) in [6.45, 7) is 1.02. The van der Waals surface area contributed by atoms with E-state index in [0.29, 0.717) is 41.3 Å². The SMILES string of the molecule is N#Cc1cccc(C(=O)N2CCc3nc(NC(=O)c4ccsc4)sc3C2)c1. The molecule has 134 valence electrons. The number of benzene rings is 1. The van der Waals surface area contributed by atoms with Gasteiger partial charge in [-0.3, -0.25) is 14.9 Å². The average molecular weight is 394 g/mol. The Kier molecular flexibility index (Phi) is 4.71. The first-order valence-corrected chi connectivity index (χ1v) is 10.0. The van der Waals surface area contributed by atoms with Gasteiger partial charge in [0.25, 0.3) is 11.8 Å². The number of carbonyl (C=O) groups is 2. The Hall–Kier alpha value is -3.02. The summed E-state index contributed by atoms with van der Waals surface area (Å²) in [5.74, 6) is -0.279. The van der Waals surface area contributed by atoms with E-state index in [9.17, 15) is 9.59 Å². The monoisotopic (exact) mass is 394 g/mol. The highest BCUT2D eigenvalue weighted by Crippen LogP contribution is 2.29. The molecule has 1 aliphatic rings. The van der Waals surface area contributed by atoms with Gasteiger partial charge < -0.3 is 4.90 Å². The number of thiophene rings is 1. The van der Waals surface area contributed by atoms with Gasteiger partial charge >= 0.3 is 0 Å². The fourth-order valence-electron chi connectivity index (χ4n) is 2.89. The van der Waals surface area contributed by atoms with E-state index in [1.807, 2.05) is 5.38 Å². The fraction of sp³-hybridized carbons (Fsp3) is 0.158. The molecule has 0 radical (unpaired) electrons. The van der Waals surface area contributed by atoms with Crippen LogP contribution in [-0.4, -0.2) is 28.2 Å². The van der Waals surface area contributed by atoms with Crippen LogP contribution in [0.1, 0.15) is 36.9 Å². The molecule has 0 fully saturated rings. The number of aromatic nitrogens is 1. The molecule has 1 N–H and O–H groups in total. The normalized spacial score (nSPS) is 12.9. The molecule has 27 heavy (non-hydrogen) atoms. The largest absolute Gasteiger partial charge is 0.333 e. The minimum absolute atomic E-state index is 0.102. The van der Waals surface area contributed by atoms with Crippen molar-refractivity contribution in [3.05, 3.63) is 68.4 Å². The van der Waals surface area contributed by atoms with Crippen LogP contribution in [0.15, 0.2) is 41.1 Å². The Balaban J connectivity index is 1.48. The lowest BCUT2D eigenvalue weighted by Crippen LogP contribution is -2.35. The quantitative estimate of drug-likeness (QED) is 0.736. The highest BCUT2D eigenvalue weighted by Gasteiger charge is 2.25. The number of amides is 2. The number of anilines is 1. The van der Waals surface area contributed by atoms with Crippen molar-refractivity contribution in [1.29, 1.82) is 5.26 Å². The summed E-state index contributed by atoms with van der Waals surface area (Å²) in [6, 6.07) is 10.5. The Morgan fingerprint density at radius 1 is 1.26 bits per heavy atom. The van der Waals surface area contributed by atoms with Crippen molar-refractivity contribution in [2.45, 2.75) is 13.0 Å². The van der Waals surface area contributed by atoms with Gasteiger partial charge in [-0.25, -0.2) is 4.98 Å². The molecule has 0 aliphatic carbocycles. The molecule has 2 amide bonds. The number of fused-ring (bicyclic) bond motifs is 1. The van der Waals surface area contributed by atoms with Crippen molar-refractivity contribution >= 4 is 39.6 Å². The van der Waals surface area contributed by atoms with Crippen molar-refractivity contribution in [2.24, 2.45) is 0 Å². The Labute approximate surface area is 163 Å². The fourth-order valence-corrected chi connectivity index (χ4v) is 4.54. The van der Waals surface area contributed by atoms with E-state index < -0.39 is 0 Å². The molecule has 4 rings (SSSR count). The molecule has 0 bridgehead atoms. The summed E-state index contributed by atoms with van der Waals surface area (Å²) in [5, 5.41) is 16.0. The number of nitriles is 1. The highest BCUT2D eigenvalue weighted by atomic mass is 32.1. The van der Waals surface area contributed by atoms with Gasteiger partial charge in [0.2, 0.25) is 0 Å². The van der Waals surface area contributed by atoms with Crippen LogP contribution in [0.25, 0.3) is 0 Å². The van der Waals surface area contributed by atoms with Gasteiger partial charge in [-0.2, -0.15) is 16.6 Å². The van der Waals surface area contributed by atoms with E-state index in [0.717, 1.165) is 10.6 Å². The first-order chi connectivity index (χ1) is 13.1. The maximum atomic E-state index is 12.7. The van der Waals surface area contributed by atoms with Crippen LogP contribution in [0.2, 0.25) is 0 Å². The molecule has 3 aromatic rings. The summed E-state index contributed by atoms with van der Waals surface area (Å²) in [6.07, 6.45) is 0.643. The molecule has 0 unspecified atom stereocenters. The zero-order chi connectivity index (χ0) is 18.8. The lowest BCUT2D eigenvalue weighted by molar-refractivity contribution is 0.0736. The predicted octanol–water partition coefficient (Wildman–Crippen LogP) is 3.53. The number of hydrogen-bond donors (Lipinski definition) is 1. The lowest BCUT2D eigenvalue weighted by Gasteiger charge is -2.26. The number of thiazole rings is 1. The van der Waals surface area contributed by atoms with E-state index in [1.165, 1.54) is 22.7 Å². The number of nitrogens with zero attached hydrogens (tertiary/aromatic N) is 3. The lowest BCUT2D eigenvalue weighted by atomic mass is 10.1. The number of hydrogen-bond acceptors (Lipinski definition) is 6. The van der Waals surface area contributed by atoms with Crippen LogP contribution in [0, 0.1) is 11.3 Å². The molecular weight excluding hydrogens is 380 g/mol. The summed E-state index contributed by atoms with van der Waals surface area (Å²) in [4.78, 5) is 32.2. The Morgan fingerprint density at radius 3 is 2.93 bits per heavy atom. The number of carbonyl (C=O) groups excluding carboxylic acids is 2. The van der Waals surface area contributed by atoms with E-state index in [2.05, 4.69) is 16.4 Å². The second-order valence-corrected chi connectivity index (χ2v) is 7.89. The summed E-state index contributed by atoms with van der Waals surface area (Å²) in [7, 11) is 0. The van der Waals surface area contributed by atoms with Crippen LogP contribution in [-0.2, 0) is 13.0 Å². The van der Waals surface area contributed by atoms with E-state index in [1.54, 1.807) is 40.6 Å². The van der Waals surface area contributed by atoms with Crippen LogP contribution in [0.5, 0.6) is 0 Å². The van der Waals surface area contributed by atoms with Crippen LogP contribution in [0.4, 0.5) is 5.13 Å². The molecule has 2 aromatic heterocycles. The minimum Gasteiger partial charge on any atom is -0.333 e. The summed E-state index contributed by atoms with van der Waals surface area (Å²) in [5.41, 5.74) is 2.51. The average Bonchev–Trinajstić information content (AvgIpc) is 3.36. The summed E-state index contributed by atoms with van der Waals surface area (Å²) >= 11 is 2.87. The predicted molar refractivity (Wildman–Crippen MR) is 104 cm³/mol. The molecule has 0 saturated carbocycles. The third-order valence-corrected chi connectivity index (χ3v) is 5.94. The van der Waals surface area contributed by atoms with Crippen molar-refractivity contribution in [3.8, 4) is 6.07 Å². The first kappa shape index (κ1) is 17.4. The highest BCUT2D eigenvalue weighted by molar-refractivity contribution is 7.16. The van der Waals surface area contributed by atoms with Crippen molar-refractivity contribution < 1.29 is 9.59 Å². The second-order valence-electron chi connectivity index (χ2n) is 6.02. The van der Waals surface area contributed by atoms with Gasteiger partial charge in [0.15, 0.2) is 5.13 Å². The zero-order valence-corrected chi connectivity index (χ0v) is 15.8. The van der Waals surface area contributed by atoms with Crippen LogP contribution >= 0.6 is 22.7 Å². The van der Waals surface area contributed by atoms with E-state index >= 15 is 0 Å². The standard InChI is InChI=1S/C19H14N4O2S2/c20-9-12-2-1-3-13(8-12)18(25)23-6-4-15-16(10-23)27-19(21-15)22-17(24)14-5-7-26-11-14/h1-3,5,7-8,11H,4,6,10H2,(H,21,22,24). The van der Waals surface area contributed by atoms with Gasteiger partial charge in [0.05, 0.1) is 29.4 Å². The molecule has 1 aromatic carbocycles. The third-order valence-electron chi connectivity index (χ3n) is 4.26. The summed E-state index contributed by atoms with van der Waals surface area (Å²) < 4.78 is 0.